The molecule has 1 atom stereocenters. The molecule has 0 heterocycles. The van der Waals surface area contributed by atoms with E-state index in [1.807, 2.05) is 0 Å². The fourth-order valence-electron chi connectivity index (χ4n) is 1.18. The normalized spacial score (nSPS) is 12.9. The third-order valence-electron chi connectivity index (χ3n) is 1.91. The number of carbonyl (C=O) groups excluding carboxylic acids is 1. The lowest BCUT2D eigenvalue weighted by Crippen LogP contribution is -2.06. The molecule has 1 unspecified atom stereocenters. The molecular formula is C10H8ClF3O. The van der Waals surface area contributed by atoms with Crippen LogP contribution in [0.25, 0.3) is 0 Å². The van der Waals surface area contributed by atoms with Crippen molar-refractivity contribution in [3.63, 3.8) is 0 Å². The number of hydrogen-bond donors (Lipinski definition) is 0. The molecule has 0 amide bonds. The molecule has 82 valence electrons. The molecule has 1 nitrogen and oxygen atoms in total. The molecule has 0 fully saturated rings. The van der Waals surface area contributed by atoms with E-state index in [0.29, 0.717) is 0 Å². The average molecular weight is 237 g/mol. The number of halogens is 4. The Morgan fingerprint density at radius 1 is 1.33 bits per heavy atom. The molecule has 0 aliphatic heterocycles. The molecule has 1 aromatic rings. The lowest BCUT2D eigenvalue weighted by Gasteiger charge is -2.11. The second kappa shape index (κ2) is 4.66. The molecule has 0 bridgehead atoms. The number of benzene rings is 1. The first kappa shape index (κ1) is 12.0. The van der Waals surface area contributed by atoms with Crippen molar-refractivity contribution in [3.8, 4) is 0 Å². The van der Waals surface area contributed by atoms with E-state index in [0.717, 1.165) is 25.1 Å². The summed E-state index contributed by atoms with van der Waals surface area (Å²) >= 11 is 5.61. The zero-order valence-electron chi connectivity index (χ0n) is 7.81. The summed E-state index contributed by atoms with van der Waals surface area (Å²) in [6.45, 7) is 1.16. The number of rotatable bonds is 3. The van der Waals surface area contributed by atoms with Crippen molar-refractivity contribution in [3.05, 3.63) is 35.1 Å². The molecule has 1 rings (SSSR count). The molecule has 15 heavy (non-hydrogen) atoms. The van der Waals surface area contributed by atoms with Crippen molar-refractivity contribution in [1.82, 2.24) is 0 Å². The van der Waals surface area contributed by atoms with E-state index in [2.05, 4.69) is 0 Å². The summed E-state index contributed by atoms with van der Waals surface area (Å²) in [5.41, 5.74) is -0.578. The van der Waals surface area contributed by atoms with Gasteiger partial charge >= 0.3 is 0 Å². The second-order valence-electron chi connectivity index (χ2n) is 3.05. The Hall–Kier alpha value is -1.03. The fraction of sp³-hybridized carbons (Fsp3) is 0.300. The van der Waals surface area contributed by atoms with E-state index in [1.54, 1.807) is 0 Å². The van der Waals surface area contributed by atoms with Crippen molar-refractivity contribution >= 4 is 17.4 Å². The lowest BCUT2D eigenvalue weighted by molar-refractivity contribution is -0.116. The van der Waals surface area contributed by atoms with Crippen LogP contribution in [0.4, 0.5) is 13.2 Å². The van der Waals surface area contributed by atoms with E-state index in [4.69, 9.17) is 11.6 Å². The lowest BCUT2D eigenvalue weighted by atomic mass is 10.0. The molecular weight excluding hydrogens is 229 g/mol. The standard InChI is InChI=1S/C10H8ClF3O/c1-5(15)9(11)8-4-6(12)2-3-7(8)10(13)14/h2-4,9-10H,1H3. The molecule has 0 saturated heterocycles. The van der Waals surface area contributed by atoms with E-state index in [1.165, 1.54) is 0 Å². The Morgan fingerprint density at radius 2 is 1.93 bits per heavy atom. The quantitative estimate of drug-likeness (QED) is 0.733. The van der Waals surface area contributed by atoms with Crippen LogP contribution in [-0.2, 0) is 4.79 Å². The molecule has 0 spiro atoms. The van der Waals surface area contributed by atoms with E-state index >= 15 is 0 Å². The van der Waals surface area contributed by atoms with Gasteiger partial charge in [-0.15, -0.1) is 11.6 Å². The van der Waals surface area contributed by atoms with Crippen LogP contribution in [0.3, 0.4) is 0 Å². The third kappa shape index (κ3) is 2.72. The van der Waals surface area contributed by atoms with Gasteiger partial charge in [0.1, 0.15) is 11.2 Å². The number of alkyl halides is 3. The highest BCUT2D eigenvalue weighted by atomic mass is 35.5. The number of ketones is 1. The Labute approximate surface area is 89.9 Å². The summed E-state index contributed by atoms with van der Waals surface area (Å²) in [6.07, 6.45) is -2.78. The largest absolute Gasteiger partial charge is 0.298 e. The first-order valence-corrected chi connectivity index (χ1v) is 4.59. The van der Waals surface area contributed by atoms with Crippen LogP contribution in [0, 0.1) is 5.82 Å². The summed E-state index contributed by atoms with van der Waals surface area (Å²) in [5.74, 6) is -1.19. The van der Waals surface area contributed by atoms with E-state index < -0.39 is 29.0 Å². The highest BCUT2D eigenvalue weighted by Crippen LogP contribution is 2.31. The van der Waals surface area contributed by atoms with Crippen LogP contribution < -0.4 is 0 Å². The molecule has 0 N–H and O–H groups in total. The predicted octanol–water partition coefficient (Wildman–Crippen LogP) is 3.63. The smallest absolute Gasteiger partial charge is 0.264 e. The molecule has 0 aliphatic rings. The van der Waals surface area contributed by atoms with Gasteiger partial charge in [0.15, 0.2) is 5.78 Å². The topological polar surface area (TPSA) is 17.1 Å². The number of carbonyl (C=O) groups is 1. The monoisotopic (exact) mass is 236 g/mol. The predicted molar refractivity (Wildman–Crippen MR) is 50.6 cm³/mol. The molecule has 0 aromatic heterocycles. The molecule has 5 heteroatoms. The number of hydrogen-bond acceptors (Lipinski definition) is 1. The van der Waals surface area contributed by atoms with Gasteiger partial charge in [-0.3, -0.25) is 4.79 Å². The van der Waals surface area contributed by atoms with Crippen LogP contribution in [0.5, 0.6) is 0 Å². The van der Waals surface area contributed by atoms with Gasteiger partial charge in [0.25, 0.3) is 6.43 Å². The summed E-state index contributed by atoms with van der Waals surface area (Å²) in [5, 5.41) is -1.23. The second-order valence-corrected chi connectivity index (χ2v) is 3.48. The van der Waals surface area contributed by atoms with E-state index in [9.17, 15) is 18.0 Å². The zero-order valence-corrected chi connectivity index (χ0v) is 8.56. The highest BCUT2D eigenvalue weighted by molar-refractivity contribution is 6.30. The zero-order chi connectivity index (χ0) is 11.6. The maximum Gasteiger partial charge on any atom is 0.264 e. The van der Waals surface area contributed by atoms with Crippen molar-refractivity contribution in [2.75, 3.05) is 0 Å². The number of Topliss-reactive ketones (excluding diaryl/α,β-unsaturated/α-hetero) is 1. The Morgan fingerprint density at radius 3 is 2.40 bits per heavy atom. The van der Waals surface area contributed by atoms with Gasteiger partial charge in [0.05, 0.1) is 0 Å². The van der Waals surface area contributed by atoms with Gasteiger partial charge in [-0.2, -0.15) is 0 Å². The molecule has 0 aliphatic carbocycles. The van der Waals surface area contributed by atoms with Gasteiger partial charge in [-0.05, 0) is 24.6 Å². The van der Waals surface area contributed by atoms with Gasteiger partial charge in [0.2, 0.25) is 0 Å². The Kier molecular flexibility index (Phi) is 3.74. The summed E-state index contributed by atoms with van der Waals surface area (Å²) in [7, 11) is 0. The van der Waals surface area contributed by atoms with Crippen LogP contribution in [0.1, 0.15) is 29.9 Å². The van der Waals surface area contributed by atoms with Gasteiger partial charge in [-0.1, -0.05) is 6.07 Å². The van der Waals surface area contributed by atoms with Crippen LogP contribution in [0.15, 0.2) is 18.2 Å². The minimum absolute atomic E-state index is 0.167. The van der Waals surface area contributed by atoms with Crippen LogP contribution in [0.2, 0.25) is 0 Å². The minimum Gasteiger partial charge on any atom is -0.298 e. The first-order chi connectivity index (χ1) is 6.93. The maximum absolute atomic E-state index is 12.8. The van der Waals surface area contributed by atoms with Gasteiger partial charge < -0.3 is 0 Å². The van der Waals surface area contributed by atoms with Gasteiger partial charge in [0, 0.05) is 5.56 Å². The Bertz CT molecular complexity index is 379. The van der Waals surface area contributed by atoms with Crippen molar-refractivity contribution in [2.45, 2.75) is 18.7 Å². The molecule has 1 aromatic carbocycles. The third-order valence-corrected chi connectivity index (χ3v) is 2.46. The summed E-state index contributed by atoms with van der Waals surface area (Å²) in [4.78, 5) is 10.9. The van der Waals surface area contributed by atoms with Crippen LogP contribution >= 0.6 is 11.6 Å². The summed E-state index contributed by atoms with van der Waals surface area (Å²) < 4.78 is 37.8. The average Bonchev–Trinajstić information content (AvgIpc) is 2.15. The van der Waals surface area contributed by atoms with Crippen molar-refractivity contribution in [2.24, 2.45) is 0 Å². The van der Waals surface area contributed by atoms with Crippen LogP contribution in [-0.4, -0.2) is 5.78 Å². The first-order valence-electron chi connectivity index (χ1n) is 4.15. The SMILES string of the molecule is CC(=O)C(Cl)c1cc(F)ccc1C(F)F. The summed E-state index contributed by atoms with van der Waals surface area (Å²) in [6, 6.07) is 2.71. The Balaban J connectivity index is 3.24. The minimum atomic E-state index is -2.78. The van der Waals surface area contributed by atoms with E-state index in [-0.39, 0.29) is 5.56 Å². The molecule has 0 saturated carbocycles. The van der Waals surface area contributed by atoms with Gasteiger partial charge in [-0.25, -0.2) is 13.2 Å². The van der Waals surface area contributed by atoms with Crippen molar-refractivity contribution in [1.29, 1.82) is 0 Å². The fourth-order valence-corrected chi connectivity index (χ4v) is 1.37. The highest BCUT2D eigenvalue weighted by Gasteiger charge is 2.22. The molecule has 0 radical (unpaired) electrons. The van der Waals surface area contributed by atoms with Crippen molar-refractivity contribution < 1.29 is 18.0 Å². The maximum atomic E-state index is 12.8.